The molecule has 188 valence electrons. The van der Waals surface area contributed by atoms with E-state index in [0.29, 0.717) is 31.3 Å². The Morgan fingerprint density at radius 2 is 1.64 bits per heavy atom. The van der Waals surface area contributed by atoms with E-state index in [2.05, 4.69) is 5.10 Å². The number of ether oxygens (including phenoxy) is 1. The quantitative estimate of drug-likeness (QED) is 0.461. The Bertz CT molecular complexity index is 1390. The molecule has 0 radical (unpaired) electrons. The lowest BCUT2D eigenvalue weighted by molar-refractivity contribution is -0.134. The average Bonchev–Trinajstić information content (AvgIpc) is 2.89. The molecule has 2 aliphatic heterocycles. The largest absolute Gasteiger partial charge is 0.378 e. The third-order valence-electron chi connectivity index (χ3n) is 6.41. The van der Waals surface area contributed by atoms with E-state index in [1.165, 1.54) is 4.31 Å². The maximum Gasteiger partial charge on any atom is 0.243 e. The number of hydrogen-bond donors (Lipinski definition) is 0. The van der Waals surface area contributed by atoms with Gasteiger partial charge in [-0.15, -0.1) is 0 Å². The molecule has 0 bridgehead atoms. The zero-order chi connectivity index (χ0) is 25.1. The molecule has 2 saturated heterocycles. The van der Waals surface area contributed by atoms with Gasteiger partial charge in [-0.05, 0) is 46.2 Å². The standard InChI is InChI=1S/C26H27ClN4O4S/c27-24-7-5-23-16-25(8-6-22(23)15-24)36(33,34)31-10-9-29(26(32)19-31)18-21-3-1-20(2-4-21)17-28-30-11-13-35-14-12-30/h1-8,15-17H,9-14,18-19H2/b28-17+. The molecule has 0 spiro atoms. The third kappa shape index (κ3) is 5.54. The number of halogens is 1. The Morgan fingerprint density at radius 1 is 0.917 bits per heavy atom. The fraction of sp³-hybridized carbons (Fsp3) is 0.308. The van der Waals surface area contributed by atoms with Crippen LogP contribution in [0.25, 0.3) is 10.8 Å². The highest BCUT2D eigenvalue weighted by molar-refractivity contribution is 7.89. The van der Waals surface area contributed by atoms with Crippen molar-refractivity contribution < 1.29 is 17.9 Å². The number of carbonyl (C=O) groups excluding carboxylic acids is 1. The summed E-state index contributed by atoms with van der Waals surface area (Å²) in [6.45, 7) is 3.79. The van der Waals surface area contributed by atoms with Crippen molar-refractivity contribution in [2.24, 2.45) is 5.10 Å². The van der Waals surface area contributed by atoms with E-state index in [4.69, 9.17) is 16.3 Å². The molecule has 8 nitrogen and oxygen atoms in total. The first-order valence-electron chi connectivity index (χ1n) is 11.8. The Kier molecular flexibility index (Phi) is 7.25. The molecule has 0 aliphatic carbocycles. The number of amides is 1. The zero-order valence-electron chi connectivity index (χ0n) is 19.7. The third-order valence-corrected chi connectivity index (χ3v) is 8.48. The van der Waals surface area contributed by atoms with Gasteiger partial charge in [-0.1, -0.05) is 48.0 Å². The normalized spacial score (nSPS) is 17.9. The minimum absolute atomic E-state index is 0.174. The van der Waals surface area contributed by atoms with Crippen molar-refractivity contribution in [2.75, 3.05) is 45.9 Å². The van der Waals surface area contributed by atoms with Crippen LogP contribution in [0.4, 0.5) is 0 Å². The number of rotatable bonds is 6. The number of hydrazone groups is 1. The monoisotopic (exact) mass is 526 g/mol. The molecule has 0 atom stereocenters. The predicted molar refractivity (Wildman–Crippen MR) is 140 cm³/mol. The summed E-state index contributed by atoms with van der Waals surface area (Å²) in [7, 11) is -3.79. The van der Waals surface area contributed by atoms with E-state index in [9.17, 15) is 13.2 Å². The first-order chi connectivity index (χ1) is 17.4. The first-order valence-corrected chi connectivity index (χ1v) is 13.6. The van der Waals surface area contributed by atoms with E-state index < -0.39 is 10.0 Å². The van der Waals surface area contributed by atoms with Crippen LogP contribution in [0.2, 0.25) is 5.02 Å². The van der Waals surface area contributed by atoms with Gasteiger partial charge >= 0.3 is 0 Å². The second kappa shape index (κ2) is 10.6. The SMILES string of the molecule is O=C1CN(S(=O)(=O)c2ccc3cc(Cl)ccc3c2)CCN1Cc1ccc(/C=N/N2CCOCC2)cc1. The molecule has 2 fully saturated rings. The molecule has 3 aromatic carbocycles. The van der Waals surface area contributed by atoms with Gasteiger partial charge in [0.05, 0.1) is 44.0 Å². The number of hydrogen-bond acceptors (Lipinski definition) is 6. The fourth-order valence-electron chi connectivity index (χ4n) is 4.31. The lowest BCUT2D eigenvalue weighted by Gasteiger charge is -2.33. The number of morpholine rings is 1. The van der Waals surface area contributed by atoms with Gasteiger partial charge in [-0.3, -0.25) is 9.80 Å². The minimum atomic E-state index is -3.79. The Labute approximate surface area is 215 Å². The molecular formula is C26H27ClN4O4S. The van der Waals surface area contributed by atoms with Crippen molar-refractivity contribution in [3.05, 3.63) is 76.8 Å². The van der Waals surface area contributed by atoms with Gasteiger partial charge < -0.3 is 9.64 Å². The second-order valence-corrected chi connectivity index (χ2v) is 11.2. The van der Waals surface area contributed by atoms with E-state index in [1.807, 2.05) is 35.5 Å². The number of nitrogens with zero attached hydrogens (tertiary/aromatic N) is 4. The summed E-state index contributed by atoms with van der Waals surface area (Å²) in [6.07, 6.45) is 1.82. The van der Waals surface area contributed by atoms with Crippen molar-refractivity contribution in [1.29, 1.82) is 0 Å². The van der Waals surface area contributed by atoms with Crippen LogP contribution < -0.4 is 0 Å². The molecule has 1 amide bonds. The van der Waals surface area contributed by atoms with Gasteiger partial charge in [0.2, 0.25) is 15.9 Å². The molecule has 5 rings (SSSR count). The predicted octanol–water partition coefficient (Wildman–Crippen LogP) is 3.19. The van der Waals surface area contributed by atoms with E-state index in [1.54, 1.807) is 41.3 Å². The van der Waals surface area contributed by atoms with Crippen molar-refractivity contribution >= 4 is 44.5 Å². The minimum Gasteiger partial charge on any atom is -0.378 e. The van der Waals surface area contributed by atoms with Crippen LogP contribution in [0.3, 0.4) is 0 Å². The van der Waals surface area contributed by atoms with Crippen LogP contribution in [0, 0.1) is 0 Å². The van der Waals surface area contributed by atoms with Crippen LogP contribution >= 0.6 is 11.6 Å². The number of piperazine rings is 1. The molecule has 2 heterocycles. The molecule has 0 saturated carbocycles. The molecule has 0 unspecified atom stereocenters. The summed E-state index contributed by atoms with van der Waals surface area (Å²) in [5, 5.41) is 8.70. The van der Waals surface area contributed by atoms with Crippen molar-refractivity contribution in [3.63, 3.8) is 0 Å². The van der Waals surface area contributed by atoms with Crippen molar-refractivity contribution in [2.45, 2.75) is 11.4 Å². The molecular weight excluding hydrogens is 500 g/mol. The van der Waals surface area contributed by atoms with Gasteiger partial charge in [-0.25, -0.2) is 8.42 Å². The topological polar surface area (TPSA) is 82.5 Å². The molecule has 36 heavy (non-hydrogen) atoms. The smallest absolute Gasteiger partial charge is 0.243 e. The number of benzene rings is 3. The van der Waals surface area contributed by atoms with Gasteiger partial charge in [0.1, 0.15) is 0 Å². The molecule has 10 heteroatoms. The summed E-state index contributed by atoms with van der Waals surface area (Å²) in [4.78, 5) is 14.7. The highest BCUT2D eigenvalue weighted by atomic mass is 35.5. The summed E-state index contributed by atoms with van der Waals surface area (Å²) >= 11 is 6.03. The Balaban J connectivity index is 1.20. The van der Waals surface area contributed by atoms with Crippen LogP contribution in [0.15, 0.2) is 70.7 Å². The van der Waals surface area contributed by atoms with Gasteiger partial charge in [0, 0.05) is 24.7 Å². The number of carbonyl (C=O) groups is 1. The first kappa shape index (κ1) is 24.7. The molecule has 3 aromatic rings. The van der Waals surface area contributed by atoms with Crippen LogP contribution in [-0.4, -0.2) is 80.7 Å². The van der Waals surface area contributed by atoms with E-state index >= 15 is 0 Å². The second-order valence-electron chi connectivity index (χ2n) is 8.86. The summed E-state index contributed by atoms with van der Waals surface area (Å²) in [5.41, 5.74) is 1.96. The van der Waals surface area contributed by atoms with Crippen LogP contribution in [-0.2, 0) is 26.1 Å². The summed E-state index contributed by atoms with van der Waals surface area (Å²) in [5.74, 6) is -0.213. The maximum absolute atomic E-state index is 13.2. The lowest BCUT2D eigenvalue weighted by Crippen LogP contribution is -2.51. The molecule has 0 N–H and O–H groups in total. The number of sulfonamides is 1. The Hall–Kier alpha value is -2.98. The van der Waals surface area contributed by atoms with Gasteiger partial charge in [0.15, 0.2) is 0 Å². The summed E-state index contributed by atoms with van der Waals surface area (Å²) < 4.78 is 33.0. The van der Waals surface area contributed by atoms with Crippen LogP contribution in [0.1, 0.15) is 11.1 Å². The van der Waals surface area contributed by atoms with Crippen molar-refractivity contribution in [1.82, 2.24) is 14.2 Å². The highest BCUT2D eigenvalue weighted by Gasteiger charge is 2.33. The maximum atomic E-state index is 13.2. The van der Waals surface area contributed by atoms with Crippen LogP contribution in [0.5, 0.6) is 0 Å². The van der Waals surface area contributed by atoms with E-state index in [-0.39, 0.29) is 23.9 Å². The highest BCUT2D eigenvalue weighted by Crippen LogP contribution is 2.25. The Morgan fingerprint density at radius 3 is 2.39 bits per heavy atom. The van der Waals surface area contributed by atoms with Gasteiger partial charge in [-0.2, -0.15) is 9.41 Å². The molecule has 2 aliphatic rings. The number of fused-ring (bicyclic) bond motifs is 1. The zero-order valence-corrected chi connectivity index (χ0v) is 21.3. The average molecular weight is 527 g/mol. The lowest BCUT2D eigenvalue weighted by atomic mass is 10.1. The molecule has 0 aromatic heterocycles. The van der Waals surface area contributed by atoms with Crippen molar-refractivity contribution in [3.8, 4) is 0 Å². The summed E-state index contributed by atoms with van der Waals surface area (Å²) in [6, 6.07) is 18.1. The van der Waals surface area contributed by atoms with Gasteiger partial charge in [0.25, 0.3) is 0 Å². The van der Waals surface area contributed by atoms with E-state index in [0.717, 1.165) is 35.0 Å². The fourth-order valence-corrected chi connectivity index (χ4v) is 5.91.